The molecule has 1 N–H and O–H groups in total. The average Bonchev–Trinajstić information content (AvgIpc) is 2.74. The number of hydrogen-bond acceptors (Lipinski definition) is 3. The smallest absolute Gasteiger partial charge is 0.331 e. The molecule has 1 aliphatic rings. The van der Waals surface area contributed by atoms with Gasteiger partial charge in [-0.1, -0.05) is 0 Å². The Bertz CT molecular complexity index is 697. The van der Waals surface area contributed by atoms with E-state index < -0.39 is 5.97 Å². The van der Waals surface area contributed by atoms with Gasteiger partial charge in [0.05, 0.1) is 6.61 Å². The van der Waals surface area contributed by atoms with Crippen molar-refractivity contribution in [2.45, 2.75) is 13.3 Å². The minimum atomic E-state index is -0.876. The molecule has 2 heterocycles. The van der Waals surface area contributed by atoms with E-state index in [9.17, 15) is 4.79 Å². The van der Waals surface area contributed by atoms with Crippen LogP contribution in [0.25, 0.3) is 16.5 Å². The first-order valence-electron chi connectivity index (χ1n) is 6.40. The van der Waals surface area contributed by atoms with Crippen molar-refractivity contribution in [2.75, 3.05) is 6.61 Å². The van der Waals surface area contributed by atoms with Gasteiger partial charge in [-0.25, -0.2) is 4.79 Å². The molecule has 20 heavy (non-hydrogen) atoms. The summed E-state index contributed by atoms with van der Waals surface area (Å²) in [7, 11) is 0. The van der Waals surface area contributed by atoms with Gasteiger partial charge >= 0.3 is 5.97 Å². The van der Waals surface area contributed by atoms with E-state index in [1.165, 1.54) is 10.4 Å². The normalized spacial score (nSPS) is 13.9. The fourth-order valence-corrected chi connectivity index (χ4v) is 3.13. The molecule has 4 heteroatoms. The molecule has 102 valence electrons. The lowest BCUT2D eigenvalue weighted by Gasteiger charge is -2.07. The molecule has 0 aliphatic carbocycles. The summed E-state index contributed by atoms with van der Waals surface area (Å²) in [6.45, 7) is 2.47. The molecule has 3 nitrogen and oxygen atoms in total. The Morgan fingerprint density at radius 1 is 1.35 bits per heavy atom. The fourth-order valence-electron chi connectivity index (χ4n) is 2.23. The molecule has 0 atom stereocenters. The molecule has 1 aromatic heterocycles. The van der Waals surface area contributed by atoms with Crippen molar-refractivity contribution in [1.29, 1.82) is 0 Å². The van der Waals surface area contributed by atoms with Gasteiger partial charge in [0.15, 0.2) is 0 Å². The second-order valence-electron chi connectivity index (χ2n) is 4.81. The molecule has 0 saturated heterocycles. The predicted octanol–water partition coefficient (Wildman–Crippen LogP) is 3.97. The number of rotatable bonds is 2. The van der Waals surface area contributed by atoms with E-state index in [4.69, 9.17) is 9.84 Å². The van der Waals surface area contributed by atoms with E-state index in [0.717, 1.165) is 16.9 Å². The lowest BCUT2D eigenvalue weighted by atomic mass is 10.0. The highest BCUT2D eigenvalue weighted by Crippen LogP contribution is 2.33. The van der Waals surface area contributed by atoms with Crippen molar-refractivity contribution in [2.24, 2.45) is 0 Å². The van der Waals surface area contributed by atoms with Crippen molar-refractivity contribution in [3.05, 3.63) is 46.3 Å². The van der Waals surface area contributed by atoms with Crippen LogP contribution in [0, 0.1) is 6.92 Å². The van der Waals surface area contributed by atoms with Gasteiger partial charge in [0, 0.05) is 22.4 Å². The maximum absolute atomic E-state index is 11.2. The molecule has 0 amide bonds. The highest BCUT2D eigenvalue weighted by atomic mass is 32.1. The monoisotopic (exact) mass is 286 g/mol. The first-order chi connectivity index (χ1) is 9.63. The zero-order chi connectivity index (χ0) is 14.1. The number of aliphatic carboxylic acids is 1. The summed E-state index contributed by atoms with van der Waals surface area (Å²) in [5.41, 5.74) is 3.55. The predicted molar refractivity (Wildman–Crippen MR) is 80.2 cm³/mol. The van der Waals surface area contributed by atoms with Gasteiger partial charge in [-0.05, 0) is 53.8 Å². The van der Waals surface area contributed by atoms with Crippen LogP contribution in [-0.2, 0) is 4.79 Å². The summed E-state index contributed by atoms with van der Waals surface area (Å²) in [5, 5.41) is 11.3. The molecule has 0 fully saturated rings. The molecule has 0 spiro atoms. The van der Waals surface area contributed by atoms with Crippen LogP contribution in [0.15, 0.2) is 35.2 Å². The minimum absolute atomic E-state index is 0.392. The van der Waals surface area contributed by atoms with Crippen molar-refractivity contribution >= 4 is 23.4 Å². The van der Waals surface area contributed by atoms with E-state index in [2.05, 4.69) is 18.4 Å². The average molecular weight is 286 g/mol. The fraction of sp³-hybridized carbons (Fsp3) is 0.188. The lowest BCUT2D eigenvalue weighted by molar-refractivity contribution is -0.132. The topological polar surface area (TPSA) is 46.5 Å². The summed E-state index contributed by atoms with van der Waals surface area (Å²) < 4.78 is 5.61. The lowest BCUT2D eigenvalue weighted by Crippen LogP contribution is -2.03. The van der Waals surface area contributed by atoms with Gasteiger partial charge in [-0.15, -0.1) is 11.3 Å². The number of fused-ring (bicyclic) bond motifs is 1. The molecule has 0 saturated carbocycles. The number of ether oxygens (including phenoxy) is 1. The Kier molecular flexibility index (Phi) is 3.32. The summed E-state index contributed by atoms with van der Waals surface area (Å²) in [6, 6.07) is 8.06. The third-order valence-electron chi connectivity index (χ3n) is 3.26. The Morgan fingerprint density at radius 3 is 2.90 bits per heavy atom. The molecule has 1 aromatic carbocycles. The second kappa shape index (κ2) is 5.13. The number of hydrogen-bond donors (Lipinski definition) is 1. The van der Waals surface area contributed by atoms with Crippen LogP contribution in [0.5, 0.6) is 5.75 Å². The quantitative estimate of drug-likeness (QED) is 0.908. The molecule has 0 bridgehead atoms. The van der Waals surface area contributed by atoms with Crippen molar-refractivity contribution in [3.8, 4) is 16.2 Å². The Labute approximate surface area is 121 Å². The zero-order valence-electron chi connectivity index (χ0n) is 11.1. The Hall–Kier alpha value is -2.07. The van der Waals surface area contributed by atoms with E-state index in [0.29, 0.717) is 18.6 Å². The molecule has 1 aliphatic heterocycles. The zero-order valence-corrected chi connectivity index (χ0v) is 11.9. The Balaban J connectivity index is 2.06. The van der Waals surface area contributed by atoms with Crippen LogP contribution in [0.2, 0.25) is 0 Å². The summed E-state index contributed by atoms with van der Waals surface area (Å²) in [6.07, 6.45) is 2.14. The highest BCUT2D eigenvalue weighted by Gasteiger charge is 2.15. The van der Waals surface area contributed by atoms with Gasteiger partial charge in [0.25, 0.3) is 0 Å². The molecule has 3 rings (SSSR count). The van der Waals surface area contributed by atoms with Gasteiger partial charge in [0.1, 0.15) is 5.75 Å². The highest BCUT2D eigenvalue weighted by molar-refractivity contribution is 7.13. The van der Waals surface area contributed by atoms with Gasteiger partial charge in [-0.3, -0.25) is 0 Å². The number of aryl methyl sites for hydroxylation is 1. The van der Waals surface area contributed by atoms with Gasteiger partial charge < -0.3 is 9.84 Å². The minimum Gasteiger partial charge on any atom is -0.493 e. The van der Waals surface area contributed by atoms with E-state index in [1.807, 2.05) is 18.2 Å². The number of benzene rings is 1. The van der Waals surface area contributed by atoms with Crippen molar-refractivity contribution in [1.82, 2.24) is 0 Å². The van der Waals surface area contributed by atoms with E-state index >= 15 is 0 Å². The summed E-state index contributed by atoms with van der Waals surface area (Å²) in [5.74, 6) is -0.128. The first-order valence-corrected chi connectivity index (χ1v) is 7.27. The number of thiophene rings is 1. The Morgan fingerprint density at radius 2 is 2.20 bits per heavy atom. The molecular weight excluding hydrogens is 272 g/mol. The van der Waals surface area contributed by atoms with Crippen LogP contribution in [0.1, 0.15) is 17.5 Å². The molecule has 0 radical (unpaired) electrons. The van der Waals surface area contributed by atoms with Crippen LogP contribution in [0.3, 0.4) is 0 Å². The van der Waals surface area contributed by atoms with Gasteiger partial charge in [-0.2, -0.15) is 0 Å². The van der Waals surface area contributed by atoms with Crippen molar-refractivity contribution in [3.63, 3.8) is 0 Å². The largest absolute Gasteiger partial charge is 0.493 e. The maximum atomic E-state index is 11.2. The molecule has 2 aromatic rings. The number of carbonyl (C=O) groups is 1. The van der Waals surface area contributed by atoms with Crippen LogP contribution < -0.4 is 4.74 Å². The van der Waals surface area contributed by atoms with E-state index in [-0.39, 0.29) is 0 Å². The van der Waals surface area contributed by atoms with Crippen LogP contribution >= 0.6 is 11.3 Å². The summed E-state index contributed by atoms with van der Waals surface area (Å²) >= 11 is 1.69. The third-order valence-corrected chi connectivity index (χ3v) is 4.36. The second-order valence-corrected chi connectivity index (χ2v) is 5.73. The van der Waals surface area contributed by atoms with Crippen LogP contribution in [-0.4, -0.2) is 17.7 Å². The molecular formula is C16H14O3S. The maximum Gasteiger partial charge on any atom is 0.331 e. The van der Waals surface area contributed by atoms with Gasteiger partial charge in [0.2, 0.25) is 0 Å². The number of carboxylic acid groups (broad SMARTS) is 1. The van der Waals surface area contributed by atoms with Crippen LogP contribution in [0.4, 0.5) is 0 Å². The standard InChI is InChI=1S/C16H14O3S/c1-10-6-15(20-9-10)11-2-3-14-13(7-11)8-12(16(17)18)4-5-19-14/h2-3,6-9H,4-5H2,1H3,(H,17,18). The summed E-state index contributed by atoms with van der Waals surface area (Å²) in [4.78, 5) is 12.3. The van der Waals surface area contributed by atoms with E-state index in [1.54, 1.807) is 17.4 Å². The third kappa shape index (κ3) is 2.47. The SMILES string of the molecule is Cc1csc(-c2ccc3c(c2)C=C(C(=O)O)CCO3)c1. The number of carboxylic acids is 1. The van der Waals surface area contributed by atoms with Crippen molar-refractivity contribution < 1.29 is 14.6 Å². The molecule has 0 unspecified atom stereocenters. The first kappa shape index (κ1) is 12.9.